The number of hydrogen-bond donors (Lipinski definition) is 1. The maximum Gasteiger partial charge on any atom is 0.222 e. The predicted octanol–water partition coefficient (Wildman–Crippen LogP) is 3.20. The Bertz CT molecular complexity index is 521. The van der Waals surface area contributed by atoms with E-state index in [0.29, 0.717) is 12.3 Å². The molecule has 2 aliphatic rings. The van der Waals surface area contributed by atoms with Crippen LogP contribution >= 0.6 is 36.2 Å². The van der Waals surface area contributed by atoms with Crippen molar-refractivity contribution in [2.24, 2.45) is 5.92 Å². The Morgan fingerprint density at radius 2 is 2.04 bits per heavy atom. The molecular weight excluding hydrogens is 405 g/mol. The molecule has 1 unspecified atom stereocenters. The minimum absolute atomic E-state index is 0. The van der Waals surface area contributed by atoms with Gasteiger partial charge in [0.25, 0.3) is 0 Å². The second-order valence-electron chi connectivity index (χ2n) is 7.19. The first kappa shape index (κ1) is 24.7. The van der Waals surface area contributed by atoms with E-state index in [1.807, 2.05) is 11.9 Å². The number of halogens is 2. The summed E-state index contributed by atoms with van der Waals surface area (Å²) >= 11 is 1.79. The number of rotatable bonds is 7. The molecule has 1 aromatic rings. The van der Waals surface area contributed by atoms with E-state index in [-0.39, 0.29) is 36.8 Å². The Morgan fingerprint density at radius 3 is 2.67 bits per heavy atom. The van der Waals surface area contributed by atoms with Crippen LogP contribution in [0.2, 0.25) is 0 Å². The number of hydrogen-bond acceptors (Lipinski definition) is 5. The van der Waals surface area contributed by atoms with Crippen molar-refractivity contribution in [2.75, 3.05) is 53.0 Å². The highest BCUT2D eigenvalue weighted by Crippen LogP contribution is 2.27. The number of likely N-dealkylation sites (N-methyl/N-ethyl adjacent to an activating group) is 1. The number of nitrogens with one attached hydrogen (secondary N) is 1. The number of carbonyl (C=O) groups is 1. The van der Waals surface area contributed by atoms with Gasteiger partial charge >= 0.3 is 0 Å². The fourth-order valence-corrected chi connectivity index (χ4v) is 4.66. The highest BCUT2D eigenvalue weighted by molar-refractivity contribution is 7.10. The predicted molar refractivity (Wildman–Crippen MR) is 116 cm³/mol. The number of morpholine rings is 1. The zero-order valence-corrected chi connectivity index (χ0v) is 18.6. The van der Waals surface area contributed by atoms with Crippen LogP contribution in [0.1, 0.15) is 36.6 Å². The van der Waals surface area contributed by atoms with Gasteiger partial charge in [0.1, 0.15) is 0 Å². The van der Waals surface area contributed by atoms with Gasteiger partial charge < -0.3 is 15.0 Å². The van der Waals surface area contributed by atoms with Crippen molar-refractivity contribution >= 4 is 42.1 Å². The van der Waals surface area contributed by atoms with Crippen LogP contribution in [-0.4, -0.2) is 68.7 Å². The van der Waals surface area contributed by atoms with E-state index < -0.39 is 0 Å². The first-order valence-electron chi connectivity index (χ1n) is 9.54. The Hall–Kier alpha value is -0.370. The van der Waals surface area contributed by atoms with Gasteiger partial charge in [-0.3, -0.25) is 9.69 Å². The summed E-state index contributed by atoms with van der Waals surface area (Å²) in [4.78, 5) is 18.4. The van der Waals surface area contributed by atoms with Gasteiger partial charge in [-0.2, -0.15) is 0 Å². The number of thiophene rings is 1. The lowest BCUT2D eigenvalue weighted by Gasteiger charge is -2.36. The molecule has 156 valence electrons. The lowest BCUT2D eigenvalue weighted by atomic mass is 9.93. The van der Waals surface area contributed by atoms with E-state index in [2.05, 4.69) is 27.7 Å². The van der Waals surface area contributed by atoms with Gasteiger partial charge in [0.15, 0.2) is 0 Å². The Morgan fingerprint density at radius 1 is 1.33 bits per heavy atom. The van der Waals surface area contributed by atoms with E-state index in [4.69, 9.17) is 4.74 Å². The summed E-state index contributed by atoms with van der Waals surface area (Å²) < 4.78 is 5.50. The van der Waals surface area contributed by atoms with E-state index in [9.17, 15) is 4.79 Å². The van der Waals surface area contributed by atoms with Crippen LogP contribution in [0.25, 0.3) is 0 Å². The molecule has 1 N–H and O–H groups in total. The van der Waals surface area contributed by atoms with Gasteiger partial charge in [0, 0.05) is 38.0 Å². The SMILES string of the molecule is CN(CC(c1cccs1)N1CCOCC1)C(=O)CCC1CCNCC1.Cl.Cl. The van der Waals surface area contributed by atoms with E-state index >= 15 is 0 Å². The molecule has 2 fully saturated rings. The lowest BCUT2D eigenvalue weighted by Crippen LogP contribution is -2.44. The number of nitrogens with zero attached hydrogens (tertiary/aromatic N) is 2. The van der Waals surface area contributed by atoms with Gasteiger partial charge in [-0.1, -0.05) is 6.07 Å². The van der Waals surface area contributed by atoms with Crippen molar-refractivity contribution in [3.63, 3.8) is 0 Å². The van der Waals surface area contributed by atoms with Gasteiger partial charge in [0.2, 0.25) is 5.91 Å². The zero-order valence-electron chi connectivity index (χ0n) is 16.1. The molecule has 3 rings (SSSR count). The first-order chi connectivity index (χ1) is 12.2. The first-order valence-corrected chi connectivity index (χ1v) is 10.4. The molecule has 1 amide bonds. The third kappa shape index (κ3) is 7.52. The molecular formula is C19H33Cl2N3O2S. The molecule has 0 aromatic carbocycles. The fraction of sp³-hybridized carbons (Fsp3) is 0.737. The summed E-state index contributed by atoms with van der Waals surface area (Å²) in [6, 6.07) is 4.58. The minimum atomic E-state index is 0. The molecule has 0 spiro atoms. The van der Waals surface area contributed by atoms with Crippen LogP contribution in [0.4, 0.5) is 0 Å². The molecule has 0 radical (unpaired) electrons. The molecule has 2 saturated heterocycles. The summed E-state index contributed by atoms with van der Waals surface area (Å²) in [7, 11) is 1.96. The smallest absolute Gasteiger partial charge is 0.222 e. The third-order valence-corrected chi connectivity index (χ3v) is 6.43. The molecule has 27 heavy (non-hydrogen) atoms. The molecule has 5 nitrogen and oxygen atoms in total. The number of amides is 1. The zero-order chi connectivity index (χ0) is 17.5. The van der Waals surface area contributed by atoms with E-state index in [1.54, 1.807) is 11.3 Å². The lowest BCUT2D eigenvalue weighted by molar-refractivity contribution is -0.131. The summed E-state index contributed by atoms with van der Waals surface area (Å²) in [5.41, 5.74) is 0. The molecule has 3 heterocycles. The summed E-state index contributed by atoms with van der Waals surface area (Å²) in [6.45, 7) is 6.44. The molecule has 1 atom stereocenters. The molecule has 0 saturated carbocycles. The van der Waals surface area contributed by atoms with Crippen molar-refractivity contribution in [2.45, 2.75) is 31.7 Å². The highest BCUT2D eigenvalue weighted by atomic mass is 35.5. The van der Waals surface area contributed by atoms with Crippen LogP contribution < -0.4 is 5.32 Å². The van der Waals surface area contributed by atoms with Crippen molar-refractivity contribution < 1.29 is 9.53 Å². The highest BCUT2D eigenvalue weighted by Gasteiger charge is 2.26. The monoisotopic (exact) mass is 437 g/mol. The van der Waals surface area contributed by atoms with Crippen LogP contribution in [0.3, 0.4) is 0 Å². The molecule has 1 aromatic heterocycles. The van der Waals surface area contributed by atoms with Crippen LogP contribution in [0.5, 0.6) is 0 Å². The molecule has 8 heteroatoms. The van der Waals surface area contributed by atoms with Crippen LogP contribution in [0.15, 0.2) is 17.5 Å². The Kier molecular flexibility index (Phi) is 11.8. The minimum Gasteiger partial charge on any atom is -0.379 e. The third-order valence-electron chi connectivity index (χ3n) is 5.46. The van der Waals surface area contributed by atoms with Crippen LogP contribution in [0, 0.1) is 5.92 Å². The maximum atomic E-state index is 12.6. The second kappa shape index (κ2) is 13.0. The van der Waals surface area contributed by atoms with Gasteiger partial charge in [-0.05, 0) is 49.7 Å². The number of piperidine rings is 1. The largest absolute Gasteiger partial charge is 0.379 e. The quantitative estimate of drug-likeness (QED) is 0.710. The summed E-state index contributed by atoms with van der Waals surface area (Å²) in [5, 5.41) is 5.52. The summed E-state index contributed by atoms with van der Waals surface area (Å²) in [6.07, 6.45) is 4.14. The number of carbonyl (C=O) groups excluding carboxylic acids is 1. The van der Waals surface area contributed by atoms with Crippen molar-refractivity contribution in [1.29, 1.82) is 0 Å². The normalized spacial score (nSPS) is 19.6. The Labute approximate surface area is 179 Å². The second-order valence-corrected chi connectivity index (χ2v) is 8.17. The van der Waals surface area contributed by atoms with Gasteiger partial charge in [0.05, 0.1) is 19.3 Å². The van der Waals surface area contributed by atoms with Crippen LogP contribution in [-0.2, 0) is 9.53 Å². The number of ether oxygens (including phenoxy) is 1. The molecule has 2 aliphatic heterocycles. The maximum absolute atomic E-state index is 12.6. The molecule has 0 aliphatic carbocycles. The van der Waals surface area contributed by atoms with Crippen molar-refractivity contribution in [3.8, 4) is 0 Å². The standard InChI is InChI=1S/C19H31N3O2S.2ClH/c1-21(19(23)5-4-16-6-8-20-9-7-16)15-17(18-3-2-14-25-18)22-10-12-24-13-11-22;;/h2-3,14,16-17,20H,4-13,15H2,1H3;2*1H. The fourth-order valence-electron chi connectivity index (χ4n) is 3.81. The molecule has 0 bridgehead atoms. The topological polar surface area (TPSA) is 44.8 Å². The van der Waals surface area contributed by atoms with E-state index in [0.717, 1.165) is 52.4 Å². The van der Waals surface area contributed by atoms with E-state index in [1.165, 1.54) is 17.7 Å². The van der Waals surface area contributed by atoms with Gasteiger partial charge in [-0.15, -0.1) is 36.2 Å². The average molecular weight is 438 g/mol. The van der Waals surface area contributed by atoms with Crippen molar-refractivity contribution in [3.05, 3.63) is 22.4 Å². The average Bonchev–Trinajstić information content (AvgIpc) is 3.20. The summed E-state index contributed by atoms with van der Waals surface area (Å²) in [5.74, 6) is 0.999. The Balaban J connectivity index is 0.00000182. The van der Waals surface area contributed by atoms with Crippen molar-refractivity contribution in [1.82, 2.24) is 15.1 Å². The van der Waals surface area contributed by atoms with Gasteiger partial charge in [-0.25, -0.2) is 0 Å².